The third kappa shape index (κ3) is 5.87. The number of halogens is 1. The summed E-state index contributed by atoms with van der Waals surface area (Å²) in [5, 5.41) is 0. The predicted molar refractivity (Wildman–Crippen MR) is 79.8 cm³/mol. The first-order valence-electron chi connectivity index (χ1n) is 6.61. The largest absolute Gasteiger partial charge is 0.491 e. The number of alkyl halides is 1. The van der Waals surface area contributed by atoms with E-state index in [9.17, 15) is 0 Å². The summed E-state index contributed by atoms with van der Waals surface area (Å²) in [6, 6.07) is 8.27. The van der Waals surface area contributed by atoms with E-state index in [4.69, 9.17) is 9.47 Å². The van der Waals surface area contributed by atoms with Crippen LogP contribution in [0.2, 0.25) is 0 Å². The fourth-order valence-electron chi connectivity index (χ4n) is 1.86. The van der Waals surface area contributed by atoms with Gasteiger partial charge in [-0.25, -0.2) is 0 Å². The molecule has 0 radical (unpaired) electrons. The first-order valence-corrected chi connectivity index (χ1v) is 7.53. The lowest BCUT2D eigenvalue weighted by atomic mass is 10.1. The van der Waals surface area contributed by atoms with E-state index in [0.29, 0.717) is 18.0 Å². The van der Waals surface area contributed by atoms with E-state index >= 15 is 0 Å². The minimum absolute atomic E-state index is 0.606. The summed E-state index contributed by atoms with van der Waals surface area (Å²) < 4.78 is 10.7. The van der Waals surface area contributed by atoms with E-state index in [-0.39, 0.29) is 0 Å². The Balaban J connectivity index is 2.48. The molecule has 0 amide bonds. The third-order valence-electron chi connectivity index (χ3n) is 2.85. The Hall–Kier alpha value is -0.540. The topological polar surface area (TPSA) is 18.5 Å². The quantitative estimate of drug-likeness (QED) is 0.502. The van der Waals surface area contributed by atoms with E-state index in [1.807, 2.05) is 12.1 Å². The molecule has 0 saturated heterocycles. The zero-order chi connectivity index (χ0) is 13.2. The van der Waals surface area contributed by atoms with E-state index in [1.54, 1.807) is 7.11 Å². The van der Waals surface area contributed by atoms with Gasteiger partial charge in [-0.2, -0.15) is 0 Å². The zero-order valence-electron chi connectivity index (χ0n) is 11.3. The molecule has 0 N–H and O–H groups in total. The fourth-order valence-corrected chi connectivity index (χ4v) is 2.54. The van der Waals surface area contributed by atoms with Crippen molar-refractivity contribution in [3.63, 3.8) is 0 Å². The van der Waals surface area contributed by atoms with Crippen molar-refractivity contribution < 1.29 is 9.47 Å². The number of hydrogen-bond acceptors (Lipinski definition) is 2. The maximum absolute atomic E-state index is 5.73. The molecular weight excluding hydrogens is 292 g/mol. The summed E-state index contributed by atoms with van der Waals surface area (Å²) >= 11 is 3.72. The highest BCUT2D eigenvalue weighted by atomic mass is 79.9. The maximum Gasteiger partial charge on any atom is 0.122 e. The monoisotopic (exact) mass is 314 g/mol. The van der Waals surface area contributed by atoms with E-state index < -0.39 is 0 Å². The first kappa shape index (κ1) is 15.5. The third-order valence-corrected chi connectivity index (χ3v) is 3.76. The number of benzene rings is 1. The Morgan fingerprint density at radius 1 is 1.17 bits per heavy atom. The van der Waals surface area contributed by atoms with Crippen LogP contribution in [-0.2, 0) is 11.2 Å². The van der Waals surface area contributed by atoms with Crippen LogP contribution < -0.4 is 4.74 Å². The highest BCUT2D eigenvalue weighted by molar-refractivity contribution is 9.09. The lowest BCUT2D eigenvalue weighted by Crippen LogP contribution is -2.07. The smallest absolute Gasteiger partial charge is 0.122 e. The van der Waals surface area contributed by atoms with Crippen molar-refractivity contribution in [2.24, 2.45) is 0 Å². The molecular formula is C15H23BrO2. The highest BCUT2D eigenvalue weighted by Gasteiger charge is 2.07. The highest BCUT2D eigenvalue weighted by Crippen LogP contribution is 2.22. The lowest BCUT2D eigenvalue weighted by molar-refractivity contribution is 0.145. The average Bonchev–Trinajstić information content (AvgIpc) is 2.38. The number of ether oxygens (including phenoxy) is 2. The van der Waals surface area contributed by atoms with Gasteiger partial charge in [0.15, 0.2) is 0 Å². The van der Waals surface area contributed by atoms with Gasteiger partial charge in [-0.1, -0.05) is 47.5 Å². The predicted octanol–water partition coefficient (Wildman–Crippen LogP) is 4.21. The van der Waals surface area contributed by atoms with Crippen molar-refractivity contribution in [3.05, 3.63) is 29.8 Å². The molecule has 18 heavy (non-hydrogen) atoms. The van der Waals surface area contributed by atoms with E-state index in [1.165, 1.54) is 18.4 Å². The van der Waals surface area contributed by atoms with Gasteiger partial charge in [-0.15, -0.1) is 0 Å². The molecule has 0 aliphatic rings. The molecule has 1 rings (SSSR count). The number of rotatable bonds is 9. The van der Waals surface area contributed by atoms with Crippen molar-refractivity contribution in [2.45, 2.75) is 37.4 Å². The summed E-state index contributed by atoms with van der Waals surface area (Å²) in [5.74, 6) is 0.991. The summed E-state index contributed by atoms with van der Waals surface area (Å²) in [6.45, 7) is 3.46. The second kappa shape index (κ2) is 9.40. The molecule has 0 bridgehead atoms. The van der Waals surface area contributed by atoms with Crippen molar-refractivity contribution in [1.82, 2.24) is 0 Å². The molecule has 1 atom stereocenters. The standard InChI is InChI=1S/C15H23BrO2/c1-3-6-14(16)10-9-13-7-4-5-8-15(13)18-12-11-17-2/h4-5,7-8,14H,3,6,9-12H2,1-2H3. The molecule has 0 aliphatic heterocycles. The minimum atomic E-state index is 0.606. The molecule has 0 saturated carbocycles. The van der Waals surface area contributed by atoms with Gasteiger partial charge >= 0.3 is 0 Å². The molecule has 2 nitrogen and oxygen atoms in total. The Labute approximate surface area is 119 Å². The molecule has 3 heteroatoms. The average molecular weight is 315 g/mol. The van der Waals surface area contributed by atoms with Crippen LogP contribution in [0.25, 0.3) is 0 Å². The molecule has 1 unspecified atom stereocenters. The minimum Gasteiger partial charge on any atom is -0.491 e. The van der Waals surface area contributed by atoms with Crippen molar-refractivity contribution in [1.29, 1.82) is 0 Å². The molecule has 0 spiro atoms. The van der Waals surface area contributed by atoms with Crippen LogP contribution >= 0.6 is 15.9 Å². The summed E-state index contributed by atoms with van der Waals surface area (Å²) in [6.07, 6.45) is 4.66. The van der Waals surface area contributed by atoms with Gasteiger partial charge in [0.25, 0.3) is 0 Å². The molecule has 0 aliphatic carbocycles. The van der Waals surface area contributed by atoms with Crippen LogP contribution in [0.4, 0.5) is 0 Å². The summed E-state index contributed by atoms with van der Waals surface area (Å²) in [4.78, 5) is 0.606. The van der Waals surface area contributed by atoms with Crippen LogP contribution in [-0.4, -0.2) is 25.2 Å². The molecule has 0 fully saturated rings. The lowest BCUT2D eigenvalue weighted by Gasteiger charge is -2.13. The second-order valence-electron chi connectivity index (χ2n) is 4.37. The SMILES string of the molecule is CCCC(Br)CCc1ccccc1OCCOC. The second-order valence-corrected chi connectivity index (χ2v) is 5.67. The normalized spacial score (nSPS) is 12.4. The van der Waals surface area contributed by atoms with Crippen LogP contribution in [0.5, 0.6) is 5.75 Å². The number of aryl methyl sites for hydroxylation is 1. The molecule has 1 aromatic rings. The Kier molecular flexibility index (Phi) is 8.10. The molecule has 0 aromatic heterocycles. The number of hydrogen-bond donors (Lipinski definition) is 0. The molecule has 102 valence electrons. The Bertz CT molecular complexity index is 328. The Morgan fingerprint density at radius 3 is 2.67 bits per heavy atom. The fraction of sp³-hybridized carbons (Fsp3) is 0.600. The van der Waals surface area contributed by atoms with Gasteiger partial charge in [-0.05, 0) is 30.9 Å². The van der Waals surface area contributed by atoms with Gasteiger partial charge in [-0.3, -0.25) is 0 Å². The van der Waals surface area contributed by atoms with Gasteiger partial charge < -0.3 is 9.47 Å². The van der Waals surface area contributed by atoms with Crippen molar-refractivity contribution in [3.8, 4) is 5.75 Å². The first-order chi connectivity index (χ1) is 8.77. The van der Waals surface area contributed by atoms with E-state index in [2.05, 4.69) is 35.0 Å². The molecule has 1 aromatic carbocycles. The zero-order valence-corrected chi connectivity index (χ0v) is 12.9. The Morgan fingerprint density at radius 2 is 1.94 bits per heavy atom. The van der Waals surface area contributed by atoms with E-state index in [0.717, 1.165) is 18.6 Å². The van der Waals surface area contributed by atoms with Crippen LogP contribution in [0.15, 0.2) is 24.3 Å². The number of methoxy groups -OCH3 is 1. The number of para-hydroxylation sites is 1. The van der Waals surface area contributed by atoms with Crippen molar-refractivity contribution in [2.75, 3.05) is 20.3 Å². The van der Waals surface area contributed by atoms with Crippen LogP contribution in [0.1, 0.15) is 31.7 Å². The maximum atomic E-state index is 5.73. The van der Waals surface area contributed by atoms with Crippen LogP contribution in [0, 0.1) is 0 Å². The van der Waals surface area contributed by atoms with Gasteiger partial charge in [0.05, 0.1) is 6.61 Å². The summed E-state index contributed by atoms with van der Waals surface area (Å²) in [7, 11) is 1.69. The summed E-state index contributed by atoms with van der Waals surface area (Å²) in [5.41, 5.74) is 1.29. The van der Waals surface area contributed by atoms with Crippen molar-refractivity contribution >= 4 is 15.9 Å². The molecule has 0 heterocycles. The van der Waals surface area contributed by atoms with Gasteiger partial charge in [0.2, 0.25) is 0 Å². The van der Waals surface area contributed by atoms with Gasteiger partial charge in [0.1, 0.15) is 12.4 Å². The van der Waals surface area contributed by atoms with Gasteiger partial charge in [0, 0.05) is 11.9 Å². The van der Waals surface area contributed by atoms with Crippen LogP contribution in [0.3, 0.4) is 0 Å².